The number of benzene rings is 3. The van der Waals surface area contributed by atoms with Gasteiger partial charge < -0.3 is 14.6 Å². The Balaban J connectivity index is 1.30. The molecule has 0 saturated carbocycles. The zero-order chi connectivity index (χ0) is 20.8. The van der Waals surface area contributed by atoms with E-state index in [0.717, 1.165) is 16.7 Å². The van der Waals surface area contributed by atoms with E-state index in [0.29, 0.717) is 24.0 Å². The number of hydrogen-bond acceptors (Lipinski definition) is 5. The zero-order valence-corrected chi connectivity index (χ0v) is 15.9. The summed E-state index contributed by atoms with van der Waals surface area (Å²) in [5, 5.41) is 6.73. The molecule has 0 spiro atoms. The Hall–Kier alpha value is -4.00. The molecule has 6 nitrogen and oxygen atoms in total. The van der Waals surface area contributed by atoms with E-state index in [4.69, 9.17) is 9.26 Å². The lowest BCUT2D eigenvalue weighted by Crippen LogP contribution is -2.28. The Labute approximate surface area is 172 Å². The van der Waals surface area contributed by atoms with Crippen molar-refractivity contribution in [2.75, 3.05) is 6.61 Å². The van der Waals surface area contributed by atoms with Crippen LogP contribution in [0.25, 0.3) is 22.8 Å². The fourth-order valence-corrected chi connectivity index (χ4v) is 2.74. The first kappa shape index (κ1) is 19.3. The molecule has 0 fully saturated rings. The highest BCUT2D eigenvalue weighted by Gasteiger charge is 2.11. The number of hydrogen-bond donors (Lipinski definition) is 1. The van der Waals surface area contributed by atoms with Crippen LogP contribution in [0.15, 0.2) is 83.4 Å². The Kier molecular flexibility index (Phi) is 5.80. The molecule has 0 saturated heterocycles. The summed E-state index contributed by atoms with van der Waals surface area (Å²) in [6.07, 6.45) is 0. The van der Waals surface area contributed by atoms with E-state index in [1.807, 2.05) is 30.3 Å². The van der Waals surface area contributed by atoms with Crippen molar-refractivity contribution in [2.45, 2.75) is 6.54 Å². The Bertz CT molecular complexity index is 1110. The van der Waals surface area contributed by atoms with Crippen LogP contribution in [0, 0.1) is 5.82 Å². The fourth-order valence-electron chi connectivity index (χ4n) is 2.74. The van der Waals surface area contributed by atoms with Crippen LogP contribution in [0.4, 0.5) is 4.39 Å². The van der Waals surface area contributed by atoms with E-state index < -0.39 is 0 Å². The summed E-state index contributed by atoms with van der Waals surface area (Å²) < 4.78 is 23.7. The summed E-state index contributed by atoms with van der Waals surface area (Å²) >= 11 is 0. The average Bonchev–Trinajstić information content (AvgIpc) is 3.29. The Morgan fingerprint density at radius 2 is 1.67 bits per heavy atom. The number of carbonyl (C=O) groups excluding carboxylic acids is 1. The number of halogens is 1. The maximum atomic E-state index is 12.9. The standard InChI is InChI=1S/C23H18FN3O3/c24-19-10-6-16(7-11-19)14-25-21(28)15-29-20-12-8-18(9-13-20)23-26-22(27-30-23)17-4-2-1-3-5-17/h1-13H,14-15H2,(H,25,28). The highest BCUT2D eigenvalue weighted by atomic mass is 19.1. The minimum atomic E-state index is -0.311. The SMILES string of the molecule is O=C(COc1ccc(-c2nc(-c3ccccc3)no2)cc1)NCc1ccc(F)cc1. The van der Waals surface area contributed by atoms with Crippen LogP contribution >= 0.6 is 0 Å². The van der Waals surface area contributed by atoms with Crippen molar-refractivity contribution in [2.24, 2.45) is 0 Å². The molecule has 150 valence electrons. The van der Waals surface area contributed by atoms with Gasteiger partial charge in [-0.25, -0.2) is 4.39 Å². The summed E-state index contributed by atoms with van der Waals surface area (Å²) in [5.41, 5.74) is 2.43. The van der Waals surface area contributed by atoms with Crippen molar-refractivity contribution < 1.29 is 18.4 Å². The highest BCUT2D eigenvalue weighted by Crippen LogP contribution is 2.24. The summed E-state index contributed by atoms with van der Waals surface area (Å²) in [6, 6.07) is 22.5. The second-order valence-corrected chi connectivity index (χ2v) is 6.51. The summed E-state index contributed by atoms with van der Waals surface area (Å²) in [4.78, 5) is 16.3. The van der Waals surface area contributed by atoms with Crippen LogP contribution in [0.2, 0.25) is 0 Å². The van der Waals surface area contributed by atoms with Crippen LogP contribution in [0.1, 0.15) is 5.56 Å². The van der Waals surface area contributed by atoms with E-state index in [-0.39, 0.29) is 18.3 Å². The second kappa shape index (κ2) is 9.00. The summed E-state index contributed by atoms with van der Waals surface area (Å²) in [5.74, 6) is 0.876. The number of amides is 1. The molecule has 0 bridgehead atoms. The lowest BCUT2D eigenvalue weighted by atomic mass is 10.2. The number of carbonyl (C=O) groups is 1. The van der Waals surface area contributed by atoms with Gasteiger partial charge >= 0.3 is 0 Å². The fraction of sp³-hybridized carbons (Fsp3) is 0.0870. The average molecular weight is 403 g/mol. The van der Waals surface area contributed by atoms with Crippen molar-refractivity contribution in [1.82, 2.24) is 15.5 Å². The third-order valence-corrected chi connectivity index (χ3v) is 4.33. The molecule has 7 heteroatoms. The van der Waals surface area contributed by atoms with Crippen LogP contribution in [-0.4, -0.2) is 22.7 Å². The molecular formula is C23H18FN3O3. The first-order valence-electron chi connectivity index (χ1n) is 9.31. The molecule has 0 aliphatic carbocycles. The molecule has 1 aromatic heterocycles. The molecule has 4 aromatic rings. The predicted molar refractivity (Wildman–Crippen MR) is 109 cm³/mol. The van der Waals surface area contributed by atoms with Gasteiger partial charge in [-0.05, 0) is 42.0 Å². The first-order valence-corrected chi connectivity index (χ1v) is 9.31. The van der Waals surface area contributed by atoms with E-state index in [1.54, 1.807) is 36.4 Å². The van der Waals surface area contributed by atoms with Gasteiger partial charge in [0.15, 0.2) is 6.61 Å². The largest absolute Gasteiger partial charge is 0.484 e. The minimum Gasteiger partial charge on any atom is -0.484 e. The maximum absolute atomic E-state index is 12.9. The van der Waals surface area contributed by atoms with Crippen molar-refractivity contribution >= 4 is 5.91 Å². The molecule has 1 amide bonds. The molecule has 4 rings (SSSR count). The van der Waals surface area contributed by atoms with Crippen molar-refractivity contribution in [3.05, 3.63) is 90.2 Å². The molecule has 0 atom stereocenters. The van der Waals surface area contributed by atoms with Gasteiger partial charge in [0.1, 0.15) is 11.6 Å². The third-order valence-electron chi connectivity index (χ3n) is 4.33. The summed E-state index contributed by atoms with van der Waals surface area (Å²) in [7, 11) is 0. The second-order valence-electron chi connectivity index (χ2n) is 6.51. The quantitative estimate of drug-likeness (QED) is 0.500. The molecule has 30 heavy (non-hydrogen) atoms. The number of aromatic nitrogens is 2. The van der Waals surface area contributed by atoms with E-state index in [1.165, 1.54) is 12.1 Å². The van der Waals surface area contributed by atoms with Gasteiger partial charge in [-0.15, -0.1) is 0 Å². The van der Waals surface area contributed by atoms with Gasteiger partial charge in [0.2, 0.25) is 5.82 Å². The number of nitrogens with one attached hydrogen (secondary N) is 1. The number of rotatable bonds is 7. The molecule has 1 heterocycles. The maximum Gasteiger partial charge on any atom is 0.258 e. The normalized spacial score (nSPS) is 10.6. The van der Waals surface area contributed by atoms with Gasteiger partial charge in [-0.1, -0.05) is 47.6 Å². The van der Waals surface area contributed by atoms with Crippen LogP contribution < -0.4 is 10.1 Å². The predicted octanol–water partition coefficient (Wildman–Crippen LogP) is 4.24. The zero-order valence-electron chi connectivity index (χ0n) is 15.9. The first-order chi connectivity index (χ1) is 14.7. The number of nitrogens with zero attached hydrogens (tertiary/aromatic N) is 2. The minimum absolute atomic E-state index is 0.126. The molecule has 1 N–H and O–H groups in total. The highest BCUT2D eigenvalue weighted by molar-refractivity contribution is 5.77. The van der Waals surface area contributed by atoms with Gasteiger partial charge in [-0.3, -0.25) is 4.79 Å². The van der Waals surface area contributed by atoms with E-state index in [9.17, 15) is 9.18 Å². The van der Waals surface area contributed by atoms with Gasteiger partial charge in [0, 0.05) is 17.7 Å². The molecular weight excluding hydrogens is 385 g/mol. The van der Waals surface area contributed by atoms with Crippen molar-refractivity contribution in [3.8, 4) is 28.6 Å². The Morgan fingerprint density at radius 1 is 0.933 bits per heavy atom. The van der Waals surface area contributed by atoms with E-state index in [2.05, 4.69) is 15.5 Å². The van der Waals surface area contributed by atoms with Gasteiger partial charge in [0.25, 0.3) is 11.8 Å². The monoisotopic (exact) mass is 403 g/mol. The van der Waals surface area contributed by atoms with Crippen molar-refractivity contribution in [3.63, 3.8) is 0 Å². The molecule has 0 aliphatic heterocycles. The lowest BCUT2D eigenvalue weighted by Gasteiger charge is -2.08. The molecule has 0 unspecified atom stereocenters. The smallest absolute Gasteiger partial charge is 0.258 e. The molecule has 0 radical (unpaired) electrons. The van der Waals surface area contributed by atoms with Crippen LogP contribution in [-0.2, 0) is 11.3 Å². The number of ether oxygens (including phenoxy) is 1. The topological polar surface area (TPSA) is 77.2 Å². The summed E-state index contributed by atoms with van der Waals surface area (Å²) in [6.45, 7) is 0.182. The van der Waals surface area contributed by atoms with Gasteiger partial charge in [-0.2, -0.15) is 4.98 Å². The van der Waals surface area contributed by atoms with Gasteiger partial charge in [0.05, 0.1) is 0 Å². The molecule has 3 aromatic carbocycles. The van der Waals surface area contributed by atoms with Crippen molar-refractivity contribution in [1.29, 1.82) is 0 Å². The lowest BCUT2D eigenvalue weighted by molar-refractivity contribution is -0.123. The van der Waals surface area contributed by atoms with Crippen LogP contribution in [0.3, 0.4) is 0 Å². The molecule has 0 aliphatic rings. The third kappa shape index (κ3) is 4.88. The van der Waals surface area contributed by atoms with E-state index >= 15 is 0 Å². The Morgan fingerprint density at radius 3 is 2.40 bits per heavy atom. The van der Waals surface area contributed by atoms with Crippen LogP contribution in [0.5, 0.6) is 5.75 Å².